The van der Waals surface area contributed by atoms with Crippen molar-refractivity contribution in [2.24, 2.45) is 17.3 Å². The Labute approximate surface area is 126 Å². The number of hydrogen-bond donors (Lipinski definition) is 1. The van der Waals surface area contributed by atoms with E-state index < -0.39 is 0 Å². The standard InChI is InChI=1S/C18H36N2/c1-4-11-19-14-18(9-5-6-10-18)15-20-12-7-17(8-13-20)16(2)3/h16-17,19H,4-15H2,1-3H3. The minimum atomic E-state index is 0.597. The van der Waals surface area contributed by atoms with Crippen LogP contribution in [0.3, 0.4) is 0 Å². The lowest BCUT2D eigenvalue weighted by molar-refractivity contribution is 0.0984. The lowest BCUT2D eigenvalue weighted by Gasteiger charge is -2.40. The fraction of sp³-hybridized carbons (Fsp3) is 1.00. The van der Waals surface area contributed by atoms with Crippen LogP contribution in [-0.2, 0) is 0 Å². The summed E-state index contributed by atoms with van der Waals surface area (Å²) in [6, 6.07) is 0. The highest BCUT2D eigenvalue weighted by Crippen LogP contribution is 2.39. The van der Waals surface area contributed by atoms with E-state index in [-0.39, 0.29) is 0 Å². The molecular weight excluding hydrogens is 244 g/mol. The Bertz CT molecular complexity index is 261. The zero-order chi connectivity index (χ0) is 14.4. The number of nitrogens with one attached hydrogen (secondary N) is 1. The Morgan fingerprint density at radius 1 is 1.15 bits per heavy atom. The predicted octanol–water partition coefficient (Wildman–Crippen LogP) is 3.91. The molecule has 1 aliphatic carbocycles. The van der Waals surface area contributed by atoms with Crippen LogP contribution in [0.15, 0.2) is 0 Å². The van der Waals surface area contributed by atoms with Crippen molar-refractivity contribution in [2.45, 2.75) is 65.7 Å². The molecule has 2 fully saturated rings. The number of nitrogens with zero attached hydrogens (tertiary/aromatic N) is 1. The first-order valence-corrected chi connectivity index (χ1v) is 9.08. The van der Waals surface area contributed by atoms with E-state index in [1.165, 1.54) is 77.7 Å². The van der Waals surface area contributed by atoms with Crippen molar-refractivity contribution in [1.82, 2.24) is 10.2 Å². The SMILES string of the molecule is CCCNCC1(CN2CCC(C(C)C)CC2)CCCC1. The van der Waals surface area contributed by atoms with E-state index in [9.17, 15) is 0 Å². The average Bonchev–Trinajstić information content (AvgIpc) is 2.88. The van der Waals surface area contributed by atoms with Crippen LogP contribution in [0.4, 0.5) is 0 Å². The highest BCUT2D eigenvalue weighted by molar-refractivity contribution is 4.90. The maximum Gasteiger partial charge on any atom is 0.00501 e. The summed E-state index contributed by atoms with van der Waals surface area (Å²) in [4.78, 5) is 2.78. The lowest BCUT2D eigenvalue weighted by atomic mass is 9.82. The van der Waals surface area contributed by atoms with E-state index in [4.69, 9.17) is 0 Å². The molecule has 20 heavy (non-hydrogen) atoms. The Hall–Kier alpha value is -0.0800. The van der Waals surface area contributed by atoms with Crippen molar-refractivity contribution in [3.63, 3.8) is 0 Å². The van der Waals surface area contributed by atoms with E-state index in [1.54, 1.807) is 0 Å². The second-order valence-electron chi connectivity index (χ2n) is 7.74. The molecule has 1 aliphatic heterocycles. The molecule has 0 aromatic heterocycles. The molecule has 1 N–H and O–H groups in total. The smallest absolute Gasteiger partial charge is 0.00501 e. The molecule has 1 saturated heterocycles. The van der Waals surface area contributed by atoms with Crippen LogP contribution in [0.1, 0.15) is 65.7 Å². The van der Waals surface area contributed by atoms with Gasteiger partial charge in [-0.05, 0) is 69.0 Å². The summed E-state index contributed by atoms with van der Waals surface area (Å²) >= 11 is 0. The third-order valence-electron chi connectivity index (χ3n) is 5.73. The number of rotatable bonds is 7. The fourth-order valence-corrected chi connectivity index (χ4v) is 4.30. The summed E-state index contributed by atoms with van der Waals surface area (Å²) in [6.07, 6.45) is 9.93. The molecule has 0 radical (unpaired) electrons. The minimum absolute atomic E-state index is 0.597. The van der Waals surface area contributed by atoms with Gasteiger partial charge in [0, 0.05) is 13.1 Å². The van der Waals surface area contributed by atoms with Gasteiger partial charge in [-0.1, -0.05) is 33.6 Å². The van der Waals surface area contributed by atoms with E-state index in [1.807, 2.05) is 0 Å². The van der Waals surface area contributed by atoms with Gasteiger partial charge in [0.25, 0.3) is 0 Å². The van der Waals surface area contributed by atoms with Crippen LogP contribution in [0, 0.1) is 17.3 Å². The van der Waals surface area contributed by atoms with Crippen molar-refractivity contribution in [3.05, 3.63) is 0 Å². The zero-order valence-electron chi connectivity index (χ0n) is 14.1. The molecule has 2 nitrogen and oxygen atoms in total. The maximum absolute atomic E-state index is 3.71. The summed E-state index contributed by atoms with van der Waals surface area (Å²) in [7, 11) is 0. The molecule has 0 bridgehead atoms. The molecule has 0 atom stereocenters. The average molecular weight is 280 g/mol. The van der Waals surface area contributed by atoms with Crippen LogP contribution in [0.25, 0.3) is 0 Å². The number of hydrogen-bond acceptors (Lipinski definition) is 2. The molecule has 118 valence electrons. The Morgan fingerprint density at radius 2 is 1.80 bits per heavy atom. The topological polar surface area (TPSA) is 15.3 Å². The first-order chi connectivity index (χ1) is 9.65. The lowest BCUT2D eigenvalue weighted by Crippen LogP contribution is -2.46. The van der Waals surface area contributed by atoms with Crippen LogP contribution >= 0.6 is 0 Å². The number of piperidine rings is 1. The van der Waals surface area contributed by atoms with Crippen LogP contribution in [-0.4, -0.2) is 37.6 Å². The van der Waals surface area contributed by atoms with Gasteiger partial charge in [0.15, 0.2) is 0 Å². The Morgan fingerprint density at radius 3 is 2.35 bits per heavy atom. The molecule has 0 spiro atoms. The summed E-state index contributed by atoms with van der Waals surface area (Å²) in [6.45, 7) is 13.6. The summed E-state index contributed by atoms with van der Waals surface area (Å²) in [5.74, 6) is 1.85. The molecule has 2 aliphatic rings. The van der Waals surface area contributed by atoms with Gasteiger partial charge in [0.1, 0.15) is 0 Å². The number of likely N-dealkylation sites (tertiary alicyclic amines) is 1. The summed E-state index contributed by atoms with van der Waals surface area (Å²) in [5.41, 5.74) is 0.597. The fourth-order valence-electron chi connectivity index (χ4n) is 4.30. The van der Waals surface area contributed by atoms with Gasteiger partial charge >= 0.3 is 0 Å². The van der Waals surface area contributed by atoms with Gasteiger partial charge in [-0.15, -0.1) is 0 Å². The van der Waals surface area contributed by atoms with E-state index >= 15 is 0 Å². The highest BCUT2D eigenvalue weighted by atomic mass is 15.1. The van der Waals surface area contributed by atoms with Crippen LogP contribution in [0.2, 0.25) is 0 Å². The minimum Gasteiger partial charge on any atom is -0.316 e. The van der Waals surface area contributed by atoms with E-state index in [0.29, 0.717) is 5.41 Å². The third kappa shape index (κ3) is 4.46. The van der Waals surface area contributed by atoms with Gasteiger partial charge in [-0.2, -0.15) is 0 Å². The van der Waals surface area contributed by atoms with Crippen LogP contribution < -0.4 is 5.32 Å². The van der Waals surface area contributed by atoms with Crippen molar-refractivity contribution in [3.8, 4) is 0 Å². The maximum atomic E-state index is 3.71. The Balaban J connectivity index is 1.80. The van der Waals surface area contributed by atoms with Crippen molar-refractivity contribution < 1.29 is 0 Å². The van der Waals surface area contributed by atoms with Gasteiger partial charge in [-0.25, -0.2) is 0 Å². The quantitative estimate of drug-likeness (QED) is 0.711. The molecule has 0 aromatic carbocycles. The molecule has 0 amide bonds. The van der Waals surface area contributed by atoms with E-state index in [0.717, 1.165) is 11.8 Å². The summed E-state index contributed by atoms with van der Waals surface area (Å²) in [5, 5.41) is 3.71. The van der Waals surface area contributed by atoms with Crippen molar-refractivity contribution in [1.29, 1.82) is 0 Å². The van der Waals surface area contributed by atoms with Crippen LogP contribution in [0.5, 0.6) is 0 Å². The first kappa shape index (κ1) is 16.3. The molecule has 1 saturated carbocycles. The molecule has 2 rings (SSSR count). The second-order valence-corrected chi connectivity index (χ2v) is 7.74. The normalized spacial score (nSPS) is 24.6. The summed E-state index contributed by atoms with van der Waals surface area (Å²) < 4.78 is 0. The monoisotopic (exact) mass is 280 g/mol. The van der Waals surface area contributed by atoms with Crippen molar-refractivity contribution in [2.75, 3.05) is 32.7 Å². The van der Waals surface area contributed by atoms with Gasteiger partial charge in [0.2, 0.25) is 0 Å². The Kier molecular flexibility index (Phi) is 6.35. The van der Waals surface area contributed by atoms with Gasteiger partial charge in [0.05, 0.1) is 0 Å². The second kappa shape index (κ2) is 7.79. The first-order valence-electron chi connectivity index (χ1n) is 9.08. The molecule has 2 heteroatoms. The predicted molar refractivity (Wildman–Crippen MR) is 88.1 cm³/mol. The zero-order valence-corrected chi connectivity index (χ0v) is 14.1. The molecule has 0 unspecified atom stereocenters. The highest BCUT2D eigenvalue weighted by Gasteiger charge is 2.36. The third-order valence-corrected chi connectivity index (χ3v) is 5.73. The van der Waals surface area contributed by atoms with E-state index in [2.05, 4.69) is 31.0 Å². The van der Waals surface area contributed by atoms with Gasteiger partial charge < -0.3 is 10.2 Å². The molecule has 1 heterocycles. The van der Waals surface area contributed by atoms with Crippen molar-refractivity contribution >= 4 is 0 Å². The molecular formula is C18H36N2. The molecule has 0 aromatic rings. The largest absolute Gasteiger partial charge is 0.316 e. The van der Waals surface area contributed by atoms with Gasteiger partial charge in [-0.3, -0.25) is 0 Å².